The number of hydrogen-bond donors (Lipinski definition) is 0. The summed E-state index contributed by atoms with van der Waals surface area (Å²) in [7, 11) is 0. The molecule has 0 bridgehead atoms. The van der Waals surface area contributed by atoms with Gasteiger partial charge in [-0.1, -0.05) is 18.2 Å². The van der Waals surface area contributed by atoms with Crippen LogP contribution in [0.1, 0.15) is 63.9 Å². The van der Waals surface area contributed by atoms with Gasteiger partial charge < -0.3 is 14.2 Å². The fraction of sp³-hybridized carbons (Fsp3) is 0.652. The summed E-state index contributed by atoms with van der Waals surface area (Å²) in [5.74, 6) is -1.13. The fourth-order valence-electron chi connectivity index (χ4n) is 4.27. The van der Waals surface area contributed by atoms with Crippen molar-refractivity contribution in [3.63, 3.8) is 0 Å². The lowest BCUT2D eigenvalue weighted by Gasteiger charge is -2.32. The smallest absolute Gasteiger partial charge is 0.200 e. The summed E-state index contributed by atoms with van der Waals surface area (Å²) >= 11 is 0. The van der Waals surface area contributed by atoms with Crippen molar-refractivity contribution in [3.05, 3.63) is 41.5 Å². The van der Waals surface area contributed by atoms with E-state index in [0.29, 0.717) is 18.1 Å². The number of benzene rings is 1. The number of allylic oxidation sites excluding steroid dienone is 1. The zero-order valence-corrected chi connectivity index (χ0v) is 17.0. The van der Waals surface area contributed by atoms with Gasteiger partial charge in [-0.15, -0.1) is 0 Å². The lowest BCUT2D eigenvalue weighted by molar-refractivity contribution is -0.0503. The summed E-state index contributed by atoms with van der Waals surface area (Å²) < 4.78 is 45.7. The van der Waals surface area contributed by atoms with Crippen LogP contribution in [0.2, 0.25) is 0 Å². The maximum absolute atomic E-state index is 14.4. The molecule has 3 nitrogen and oxygen atoms in total. The molecule has 0 radical (unpaired) electrons. The van der Waals surface area contributed by atoms with Gasteiger partial charge in [0.25, 0.3) is 0 Å². The third-order valence-corrected chi connectivity index (χ3v) is 5.87. The van der Waals surface area contributed by atoms with E-state index in [1.807, 2.05) is 13.0 Å². The Hall–Kier alpha value is -1.46. The molecule has 2 atom stereocenters. The molecule has 1 aliphatic heterocycles. The largest absolute Gasteiger partial charge is 0.491 e. The van der Waals surface area contributed by atoms with Crippen molar-refractivity contribution >= 4 is 0 Å². The lowest BCUT2D eigenvalue weighted by Crippen LogP contribution is -2.30. The Labute approximate surface area is 167 Å². The van der Waals surface area contributed by atoms with Gasteiger partial charge >= 0.3 is 0 Å². The highest BCUT2D eigenvalue weighted by molar-refractivity contribution is 5.33. The number of hydrogen-bond acceptors (Lipinski definition) is 3. The second-order valence-corrected chi connectivity index (χ2v) is 7.86. The predicted octanol–water partition coefficient (Wildman–Crippen LogP) is 5.78. The molecule has 1 saturated carbocycles. The Bertz CT molecular complexity index is 645. The number of halogens is 2. The summed E-state index contributed by atoms with van der Waals surface area (Å²) in [5, 5.41) is 0. The van der Waals surface area contributed by atoms with E-state index >= 15 is 0 Å². The van der Waals surface area contributed by atoms with E-state index in [1.54, 1.807) is 19.1 Å². The summed E-state index contributed by atoms with van der Waals surface area (Å²) in [4.78, 5) is 0. The van der Waals surface area contributed by atoms with Gasteiger partial charge in [-0.25, -0.2) is 4.39 Å². The number of ether oxygens (including phenoxy) is 3. The average Bonchev–Trinajstić information content (AvgIpc) is 2.72. The van der Waals surface area contributed by atoms with Crippen LogP contribution in [0.3, 0.4) is 0 Å². The molecule has 5 heteroatoms. The van der Waals surface area contributed by atoms with Gasteiger partial charge in [0.05, 0.1) is 32.0 Å². The molecule has 1 saturated heterocycles. The molecule has 3 rings (SSSR count). The Morgan fingerprint density at radius 3 is 2.50 bits per heavy atom. The highest BCUT2D eigenvalue weighted by Gasteiger charge is 2.28. The van der Waals surface area contributed by atoms with E-state index in [1.165, 1.54) is 0 Å². The Balaban J connectivity index is 1.44. The van der Waals surface area contributed by atoms with E-state index in [4.69, 9.17) is 14.2 Å². The second-order valence-electron chi connectivity index (χ2n) is 7.86. The van der Waals surface area contributed by atoms with Crippen LogP contribution in [0.25, 0.3) is 0 Å². The second kappa shape index (κ2) is 10.4. The molecule has 28 heavy (non-hydrogen) atoms. The zero-order chi connectivity index (χ0) is 19.9. The maximum Gasteiger partial charge on any atom is 0.200 e. The first-order chi connectivity index (χ1) is 13.6. The molecule has 1 heterocycles. The van der Waals surface area contributed by atoms with E-state index in [0.717, 1.165) is 51.7 Å². The molecule has 2 unspecified atom stereocenters. The van der Waals surface area contributed by atoms with Crippen LogP contribution in [-0.4, -0.2) is 32.0 Å². The first-order valence-electron chi connectivity index (χ1n) is 10.6. The molecule has 2 fully saturated rings. The third-order valence-electron chi connectivity index (χ3n) is 5.87. The minimum absolute atomic E-state index is 0.00728. The molecule has 0 amide bonds. The van der Waals surface area contributed by atoms with E-state index < -0.39 is 11.6 Å². The summed E-state index contributed by atoms with van der Waals surface area (Å²) in [5.41, 5.74) is 0.468. The van der Waals surface area contributed by atoms with Crippen LogP contribution in [0.4, 0.5) is 8.78 Å². The first-order valence-corrected chi connectivity index (χ1v) is 10.6. The predicted molar refractivity (Wildman–Crippen MR) is 106 cm³/mol. The standard InChI is InChI=1S/C23H32F2O3/c1-3-5-18-9-6-16(14-27-18)15-28-19-10-7-17(8-11-19)20-12-13-21(26-4-2)23(25)22(20)24/h3,5,12-13,16-19H,4,6-11,14-15H2,1-2H3/b5-3+. The first kappa shape index (κ1) is 21.3. The molecule has 0 N–H and O–H groups in total. The fourth-order valence-corrected chi connectivity index (χ4v) is 4.27. The van der Waals surface area contributed by atoms with E-state index in [9.17, 15) is 8.78 Å². The van der Waals surface area contributed by atoms with Gasteiger partial charge in [0.2, 0.25) is 5.82 Å². The molecule has 156 valence electrons. The lowest BCUT2D eigenvalue weighted by atomic mass is 9.82. The monoisotopic (exact) mass is 394 g/mol. The normalized spacial score (nSPS) is 28.6. The van der Waals surface area contributed by atoms with Crippen LogP contribution < -0.4 is 4.74 Å². The van der Waals surface area contributed by atoms with E-state index in [-0.39, 0.29) is 23.9 Å². The average molecular weight is 395 g/mol. The van der Waals surface area contributed by atoms with Crippen LogP contribution in [0, 0.1) is 17.6 Å². The molecular formula is C23H32F2O3. The van der Waals surface area contributed by atoms with Crippen molar-refractivity contribution in [3.8, 4) is 5.75 Å². The molecule has 0 spiro atoms. The minimum Gasteiger partial charge on any atom is -0.491 e. The quantitative estimate of drug-likeness (QED) is 0.549. The van der Waals surface area contributed by atoms with Gasteiger partial charge in [-0.2, -0.15) is 4.39 Å². The third kappa shape index (κ3) is 5.32. The van der Waals surface area contributed by atoms with Crippen LogP contribution in [0.15, 0.2) is 24.3 Å². The Morgan fingerprint density at radius 1 is 1.07 bits per heavy atom. The van der Waals surface area contributed by atoms with Gasteiger partial charge in [0.15, 0.2) is 11.6 Å². The van der Waals surface area contributed by atoms with Gasteiger partial charge in [0, 0.05) is 5.92 Å². The zero-order valence-electron chi connectivity index (χ0n) is 17.0. The van der Waals surface area contributed by atoms with Gasteiger partial charge in [-0.05, 0) is 69.9 Å². The van der Waals surface area contributed by atoms with Crippen LogP contribution in [-0.2, 0) is 9.47 Å². The van der Waals surface area contributed by atoms with Crippen molar-refractivity contribution in [1.29, 1.82) is 0 Å². The molecule has 1 aromatic carbocycles. The van der Waals surface area contributed by atoms with Crippen LogP contribution in [0.5, 0.6) is 5.75 Å². The summed E-state index contributed by atoms with van der Waals surface area (Å²) in [6.45, 7) is 5.57. The van der Waals surface area contributed by atoms with Crippen molar-refractivity contribution in [2.45, 2.75) is 70.5 Å². The maximum atomic E-state index is 14.4. The summed E-state index contributed by atoms with van der Waals surface area (Å²) in [6.07, 6.45) is 10.2. The summed E-state index contributed by atoms with van der Waals surface area (Å²) in [6, 6.07) is 3.22. The molecule has 2 aliphatic rings. The minimum atomic E-state index is -0.869. The molecule has 1 aromatic rings. The van der Waals surface area contributed by atoms with Crippen molar-refractivity contribution in [1.82, 2.24) is 0 Å². The van der Waals surface area contributed by atoms with Gasteiger partial charge in [0.1, 0.15) is 0 Å². The van der Waals surface area contributed by atoms with E-state index in [2.05, 4.69) is 6.08 Å². The molecular weight excluding hydrogens is 362 g/mol. The van der Waals surface area contributed by atoms with Crippen molar-refractivity contribution in [2.24, 2.45) is 5.92 Å². The Kier molecular flexibility index (Phi) is 7.86. The topological polar surface area (TPSA) is 27.7 Å². The molecule has 0 aromatic heterocycles. The van der Waals surface area contributed by atoms with Crippen LogP contribution >= 0.6 is 0 Å². The highest BCUT2D eigenvalue weighted by atomic mass is 19.2. The highest BCUT2D eigenvalue weighted by Crippen LogP contribution is 2.37. The number of rotatable bonds is 7. The van der Waals surface area contributed by atoms with Gasteiger partial charge in [-0.3, -0.25) is 0 Å². The van der Waals surface area contributed by atoms with Crippen molar-refractivity contribution < 1.29 is 23.0 Å². The molecule has 1 aliphatic carbocycles. The SMILES string of the molecule is C/C=C/C1CCC(COC2CCC(c3ccc(OCC)c(F)c3F)CC2)CO1. The van der Waals surface area contributed by atoms with Crippen molar-refractivity contribution in [2.75, 3.05) is 19.8 Å². The Morgan fingerprint density at radius 2 is 1.86 bits per heavy atom.